The Bertz CT molecular complexity index is 614. The number of benzene rings is 1. The molecule has 2 N–H and O–H groups in total. The van der Waals surface area contributed by atoms with E-state index < -0.39 is 0 Å². The third kappa shape index (κ3) is 8.30. The number of nitro groups is 1. The molecule has 2 rings (SSSR count). The second kappa shape index (κ2) is 12.9. The summed E-state index contributed by atoms with van der Waals surface area (Å²) in [5, 5.41) is 17.8. The van der Waals surface area contributed by atoms with Crippen molar-refractivity contribution in [1.82, 2.24) is 15.5 Å². The Labute approximate surface area is 185 Å². The lowest BCUT2D eigenvalue weighted by atomic mass is 10.0. The first-order valence-electron chi connectivity index (χ1n) is 10.0. The van der Waals surface area contributed by atoms with Gasteiger partial charge in [-0.1, -0.05) is 25.5 Å². The molecule has 0 aromatic heterocycles. The molecule has 0 atom stereocenters. The van der Waals surface area contributed by atoms with E-state index in [-0.39, 0.29) is 34.6 Å². The van der Waals surface area contributed by atoms with Crippen molar-refractivity contribution in [2.75, 3.05) is 19.6 Å². The van der Waals surface area contributed by atoms with Crippen LogP contribution < -0.4 is 10.6 Å². The Kier molecular flexibility index (Phi) is 11.4. The molecule has 1 saturated heterocycles. The molecule has 0 unspecified atom stereocenters. The summed E-state index contributed by atoms with van der Waals surface area (Å²) in [6.07, 6.45) is 4.47. The van der Waals surface area contributed by atoms with Gasteiger partial charge in [-0.3, -0.25) is 10.1 Å². The topological polar surface area (TPSA) is 82.8 Å². The lowest BCUT2D eigenvalue weighted by Gasteiger charge is -2.35. The molecule has 1 aliphatic rings. The van der Waals surface area contributed by atoms with Crippen LogP contribution in [0.3, 0.4) is 0 Å². The number of likely N-dealkylation sites (tertiary alicyclic amines) is 1. The molecular weight excluding hydrogens is 469 g/mol. The Morgan fingerprint density at radius 2 is 1.93 bits per heavy atom. The number of nitrogens with zero attached hydrogens (tertiary/aromatic N) is 3. The van der Waals surface area contributed by atoms with Crippen LogP contribution in [-0.4, -0.2) is 47.5 Å². The van der Waals surface area contributed by atoms with E-state index in [1.165, 1.54) is 12.1 Å². The highest BCUT2D eigenvalue weighted by molar-refractivity contribution is 14.0. The molecule has 7 nitrogen and oxygen atoms in total. The van der Waals surface area contributed by atoms with Crippen molar-refractivity contribution >= 4 is 35.6 Å². The highest BCUT2D eigenvalue weighted by Gasteiger charge is 2.21. The van der Waals surface area contributed by atoms with Gasteiger partial charge >= 0.3 is 0 Å². The molecule has 158 valence electrons. The molecule has 0 saturated carbocycles. The fraction of sp³-hybridized carbons (Fsp3) is 0.650. The Balaban J connectivity index is 0.00000392. The molecule has 1 heterocycles. The van der Waals surface area contributed by atoms with Gasteiger partial charge in [0.2, 0.25) is 0 Å². The molecule has 0 bridgehead atoms. The third-order valence-corrected chi connectivity index (χ3v) is 4.99. The molecule has 0 aliphatic carbocycles. The number of aliphatic imine (C=N–C) groups is 1. The first kappa shape index (κ1) is 24.6. The summed E-state index contributed by atoms with van der Waals surface area (Å²) < 4.78 is 0. The summed E-state index contributed by atoms with van der Waals surface area (Å²) in [5.41, 5.74) is 1.07. The van der Waals surface area contributed by atoms with Gasteiger partial charge in [0.05, 0.1) is 11.5 Å². The molecule has 1 aromatic carbocycles. The molecule has 8 heteroatoms. The van der Waals surface area contributed by atoms with Crippen LogP contribution in [0.4, 0.5) is 5.69 Å². The molecule has 1 fully saturated rings. The largest absolute Gasteiger partial charge is 0.356 e. The van der Waals surface area contributed by atoms with Crippen LogP contribution in [0.1, 0.15) is 52.0 Å². The predicted molar refractivity (Wildman–Crippen MR) is 125 cm³/mol. The number of nitrogens with one attached hydrogen (secondary N) is 2. The number of piperidine rings is 1. The van der Waals surface area contributed by atoms with Crippen LogP contribution >= 0.6 is 24.0 Å². The maximum atomic E-state index is 10.8. The van der Waals surface area contributed by atoms with Crippen molar-refractivity contribution in [3.8, 4) is 0 Å². The minimum Gasteiger partial charge on any atom is -0.356 e. The smallest absolute Gasteiger partial charge is 0.269 e. The van der Waals surface area contributed by atoms with Crippen molar-refractivity contribution < 1.29 is 4.92 Å². The van der Waals surface area contributed by atoms with E-state index in [0.717, 1.165) is 56.8 Å². The van der Waals surface area contributed by atoms with Crippen molar-refractivity contribution in [3.63, 3.8) is 0 Å². The average Bonchev–Trinajstić information content (AvgIpc) is 2.67. The van der Waals surface area contributed by atoms with Gasteiger partial charge in [0, 0.05) is 43.9 Å². The summed E-state index contributed by atoms with van der Waals surface area (Å²) in [6, 6.07) is 7.64. The van der Waals surface area contributed by atoms with Crippen molar-refractivity contribution in [3.05, 3.63) is 39.9 Å². The number of guanidine groups is 1. The first-order valence-corrected chi connectivity index (χ1v) is 10.0. The summed E-state index contributed by atoms with van der Waals surface area (Å²) in [6.45, 7) is 10.3. The maximum Gasteiger partial charge on any atom is 0.269 e. The molecule has 0 radical (unpaired) electrons. The van der Waals surface area contributed by atoms with Crippen LogP contribution in [0.5, 0.6) is 0 Å². The van der Waals surface area contributed by atoms with Gasteiger partial charge in [-0.15, -0.1) is 24.0 Å². The van der Waals surface area contributed by atoms with Gasteiger partial charge in [-0.05, 0) is 38.7 Å². The Morgan fingerprint density at radius 3 is 2.46 bits per heavy atom. The summed E-state index contributed by atoms with van der Waals surface area (Å²) in [5.74, 6) is 0.838. The minimum absolute atomic E-state index is 0. The molecular formula is C20H34IN5O2. The minimum atomic E-state index is -0.379. The standard InChI is InChI=1S/C20H33N5O2.HI/c1-4-5-12-21-20(23-18-10-13-24(14-11-18)16(2)3)22-15-17-6-8-19(9-7-17)25(26)27;/h6-9,16,18H,4-5,10-15H2,1-3H3,(H2,21,22,23);1H. The third-order valence-electron chi connectivity index (χ3n) is 4.99. The number of unbranched alkanes of at least 4 members (excludes halogenated alkanes) is 1. The van der Waals surface area contributed by atoms with Crippen LogP contribution in [0.25, 0.3) is 0 Å². The van der Waals surface area contributed by atoms with E-state index in [9.17, 15) is 10.1 Å². The van der Waals surface area contributed by atoms with Crippen LogP contribution in [0.2, 0.25) is 0 Å². The van der Waals surface area contributed by atoms with Crippen molar-refractivity contribution in [1.29, 1.82) is 0 Å². The van der Waals surface area contributed by atoms with Crippen LogP contribution in [-0.2, 0) is 6.54 Å². The first-order chi connectivity index (χ1) is 13.0. The van der Waals surface area contributed by atoms with E-state index in [2.05, 4.69) is 36.3 Å². The van der Waals surface area contributed by atoms with Gasteiger partial charge in [-0.25, -0.2) is 4.99 Å². The summed E-state index contributed by atoms with van der Waals surface area (Å²) in [4.78, 5) is 17.6. The predicted octanol–water partition coefficient (Wildman–Crippen LogP) is 3.92. The van der Waals surface area contributed by atoms with Crippen molar-refractivity contribution in [2.24, 2.45) is 4.99 Å². The average molecular weight is 503 g/mol. The van der Waals surface area contributed by atoms with E-state index in [4.69, 9.17) is 4.99 Å². The van der Waals surface area contributed by atoms with Crippen LogP contribution in [0.15, 0.2) is 29.3 Å². The molecule has 0 amide bonds. The lowest BCUT2D eigenvalue weighted by Crippen LogP contribution is -2.50. The number of nitro benzene ring substituents is 1. The SMILES string of the molecule is CCCCNC(=NCc1ccc([N+](=O)[O-])cc1)NC1CCN(C(C)C)CC1.I. The van der Waals surface area contributed by atoms with Gasteiger partial charge in [0.15, 0.2) is 5.96 Å². The van der Waals surface area contributed by atoms with Crippen molar-refractivity contribution in [2.45, 2.75) is 65.1 Å². The zero-order valence-corrected chi connectivity index (χ0v) is 19.5. The van der Waals surface area contributed by atoms with E-state index in [1.807, 2.05) is 0 Å². The number of rotatable bonds is 8. The van der Waals surface area contributed by atoms with Gasteiger partial charge < -0.3 is 15.5 Å². The van der Waals surface area contributed by atoms with E-state index in [1.54, 1.807) is 12.1 Å². The molecule has 28 heavy (non-hydrogen) atoms. The number of non-ortho nitro benzene ring substituents is 1. The second-order valence-corrected chi connectivity index (χ2v) is 7.42. The monoisotopic (exact) mass is 503 g/mol. The molecule has 1 aliphatic heterocycles. The number of hydrogen-bond donors (Lipinski definition) is 2. The second-order valence-electron chi connectivity index (χ2n) is 7.42. The zero-order chi connectivity index (χ0) is 19.6. The Morgan fingerprint density at radius 1 is 1.29 bits per heavy atom. The zero-order valence-electron chi connectivity index (χ0n) is 17.2. The fourth-order valence-corrected chi connectivity index (χ4v) is 3.18. The van der Waals surface area contributed by atoms with Gasteiger partial charge in [0.1, 0.15) is 0 Å². The van der Waals surface area contributed by atoms with E-state index >= 15 is 0 Å². The normalized spacial score (nSPS) is 15.9. The highest BCUT2D eigenvalue weighted by Crippen LogP contribution is 2.14. The maximum absolute atomic E-state index is 10.8. The quantitative estimate of drug-likeness (QED) is 0.140. The lowest BCUT2D eigenvalue weighted by molar-refractivity contribution is -0.384. The van der Waals surface area contributed by atoms with Gasteiger partial charge in [-0.2, -0.15) is 0 Å². The van der Waals surface area contributed by atoms with Gasteiger partial charge in [0.25, 0.3) is 5.69 Å². The Hall–Kier alpha value is -1.42. The molecule has 1 aromatic rings. The summed E-state index contributed by atoms with van der Waals surface area (Å²) >= 11 is 0. The highest BCUT2D eigenvalue weighted by atomic mass is 127. The number of halogens is 1. The summed E-state index contributed by atoms with van der Waals surface area (Å²) in [7, 11) is 0. The molecule has 0 spiro atoms. The van der Waals surface area contributed by atoms with Crippen LogP contribution in [0, 0.1) is 10.1 Å². The fourth-order valence-electron chi connectivity index (χ4n) is 3.18. The number of hydrogen-bond acceptors (Lipinski definition) is 4. The van der Waals surface area contributed by atoms with E-state index in [0.29, 0.717) is 18.6 Å².